The Hall–Kier alpha value is -0.200. The summed E-state index contributed by atoms with van der Waals surface area (Å²) >= 11 is 2.07. The van der Waals surface area contributed by atoms with Gasteiger partial charge in [-0.05, 0) is 12.8 Å². The molecular formula is C12H20N2S. The van der Waals surface area contributed by atoms with Crippen LogP contribution < -0.4 is 0 Å². The SMILES string of the molecule is CC1CN(C2CCCCC2C#N)CCS1. The maximum Gasteiger partial charge on any atom is 0.0672 e. The molecule has 1 saturated heterocycles. The summed E-state index contributed by atoms with van der Waals surface area (Å²) in [7, 11) is 0. The Labute approximate surface area is 97.0 Å². The predicted octanol–water partition coefficient (Wildman–Crippen LogP) is 2.51. The Morgan fingerprint density at radius 3 is 2.87 bits per heavy atom. The van der Waals surface area contributed by atoms with Crippen molar-refractivity contribution >= 4 is 11.8 Å². The molecule has 0 bridgehead atoms. The zero-order valence-corrected chi connectivity index (χ0v) is 10.3. The largest absolute Gasteiger partial charge is 0.297 e. The molecule has 1 aliphatic heterocycles. The third-order valence-electron chi connectivity index (χ3n) is 3.64. The lowest BCUT2D eigenvalue weighted by Gasteiger charge is -2.41. The van der Waals surface area contributed by atoms with Crippen LogP contribution in [0.25, 0.3) is 0 Å². The van der Waals surface area contributed by atoms with Crippen LogP contribution in [0.1, 0.15) is 32.6 Å². The summed E-state index contributed by atoms with van der Waals surface area (Å²) in [4.78, 5) is 2.58. The van der Waals surface area contributed by atoms with E-state index in [2.05, 4.69) is 29.7 Å². The van der Waals surface area contributed by atoms with Crippen LogP contribution in [0.3, 0.4) is 0 Å². The van der Waals surface area contributed by atoms with E-state index in [9.17, 15) is 5.26 Å². The Balaban J connectivity index is 1.98. The molecule has 2 nitrogen and oxygen atoms in total. The Morgan fingerprint density at radius 1 is 1.33 bits per heavy atom. The van der Waals surface area contributed by atoms with Crippen LogP contribution in [0, 0.1) is 17.2 Å². The Bertz CT molecular complexity index is 248. The number of rotatable bonds is 1. The summed E-state index contributed by atoms with van der Waals surface area (Å²) in [5, 5.41) is 9.93. The van der Waals surface area contributed by atoms with E-state index in [1.807, 2.05) is 0 Å². The highest BCUT2D eigenvalue weighted by atomic mass is 32.2. The molecule has 1 aliphatic carbocycles. The second-order valence-corrected chi connectivity index (χ2v) is 6.31. The molecule has 0 aromatic carbocycles. The molecule has 84 valence electrons. The van der Waals surface area contributed by atoms with Gasteiger partial charge in [0.2, 0.25) is 0 Å². The van der Waals surface area contributed by atoms with E-state index in [-0.39, 0.29) is 0 Å². The van der Waals surface area contributed by atoms with Crippen molar-refractivity contribution in [2.75, 3.05) is 18.8 Å². The van der Waals surface area contributed by atoms with Gasteiger partial charge in [-0.2, -0.15) is 17.0 Å². The van der Waals surface area contributed by atoms with Crippen LogP contribution in [-0.2, 0) is 0 Å². The fourth-order valence-electron chi connectivity index (χ4n) is 2.85. The number of nitriles is 1. The van der Waals surface area contributed by atoms with E-state index in [0.717, 1.165) is 11.7 Å². The zero-order valence-electron chi connectivity index (χ0n) is 9.48. The van der Waals surface area contributed by atoms with Gasteiger partial charge in [-0.25, -0.2) is 0 Å². The number of hydrogen-bond acceptors (Lipinski definition) is 3. The first-order chi connectivity index (χ1) is 7.31. The highest BCUT2D eigenvalue weighted by Crippen LogP contribution is 2.31. The molecule has 2 aliphatic rings. The van der Waals surface area contributed by atoms with E-state index < -0.39 is 0 Å². The summed E-state index contributed by atoms with van der Waals surface area (Å²) in [6.07, 6.45) is 4.95. The number of hydrogen-bond donors (Lipinski definition) is 0. The van der Waals surface area contributed by atoms with Crippen molar-refractivity contribution in [2.45, 2.75) is 43.9 Å². The van der Waals surface area contributed by atoms with Crippen molar-refractivity contribution in [1.29, 1.82) is 5.26 Å². The van der Waals surface area contributed by atoms with Crippen LogP contribution in [0.15, 0.2) is 0 Å². The average molecular weight is 224 g/mol. The fraction of sp³-hybridized carbons (Fsp3) is 0.917. The third kappa shape index (κ3) is 2.68. The van der Waals surface area contributed by atoms with Gasteiger partial charge >= 0.3 is 0 Å². The van der Waals surface area contributed by atoms with Gasteiger partial charge in [0.1, 0.15) is 0 Å². The lowest BCUT2D eigenvalue weighted by Crippen LogP contribution is -2.48. The van der Waals surface area contributed by atoms with Gasteiger partial charge in [0, 0.05) is 30.1 Å². The molecule has 3 atom stereocenters. The van der Waals surface area contributed by atoms with Crippen molar-refractivity contribution in [3.8, 4) is 6.07 Å². The van der Waals surface area contributed by atoms with Gasteiger partial charge in [-0.1, -0.05) is 19.8 Å². The van der Waals surface area contributed by atoms with E-state index in [1.54, 1.807) is 0 Å². The van der Waals surface area contributed by atoms with Gasteiger partial charge in [0.25, 0.3) is 0 Å². The molecule has 0 aromatic heterocycles. The smallest absolute Gasteiger partial charge is 0.0672 e. The Morgan fingerprint density at radius 2 is 2.13 bits per heavy atom. The molecule has 1 heterocycles. The quantitative estimate of drug-likeness (QED) is 0.685. The zero-order chi connectivity index (χ0) is 10.7. The standard InChI is InChI=1S/C12H20N2S/c1-10-9-14(6-7-15-10)12-5-3-2-4-11(12)8-13/h10-12H,2-7,9H2,1H3. The summed E-state index contributed by atoms with van der Waals surface area (Å²) in [5.41, 5.74) is 0. The lowest BCUT2D eigenvalue weighted by molar-refractivity contribution is 0.132. The first-order valence-corrected chi connectivity index (χ1v) is 7.11. The molecular weight excluding hydrogens is 204 g/mol. The molecule has 0 aromatic rings. The van der Waals surface area contributed by atoms with Crippen molar-refractivity contribution in [1.82, 2.24) is 4.90 Å². The second kappa shape index (κ2) is 5.23. The number of thioether (sulfide) groups is 1. The van der Waals surface area contributed by atoms with E-state index in [0.29, 0.717) is 12.0 Å². The maximum atomic E-state index is 9.18. The molecule has 0 N–H and O–H groups in total. The maximum absolute atomic E-state index is 9.18. The van der Waals surface area contributed by atoms with E-state index in [1.165, 1.54) is 38.1 Å². The molecule has 0 radical (unpaired) electrons. The molecule has 3 heteroatoms. The average Bonchev–Trinajstić information content (AvgIpc) is 2.29. The Kier molecular flexibility index (Phi) is 3.93. The first kappa shape index (κ1) is 11.3. The van der Waals surface area contributed by atoms with Gasteiger partial charge in [-0.15, -0.1) is 0 Å². The molecule has 1 saturated carbocycles. The molecule has 3 unspecified atom stereocenters. The third-order valence-corrected chi connectivity index (χ3v) is 4.77. The predicted molar refractivity (Wildman–Crippen MR) is 64.9 cm³/mol. The van der Waals surface area contributed by atoms with Crippen LogP contribution in [0.2, 0.25) is 0 Å². The van der Waals surface area contributed by atoms with Gasteiger partial charge < -0.3 is 0 Å². The molecule has 0 amide bonds. The number of nitrogens with zero attached hydrogens (tertiary/aromatic N) is 2. The van der Waals surface area contributed by atoms with Crippen molar-refractivity contribution in [3.63, 3.8) is 0 Å². The summed E-state index contributed by atoms with van der Waals surface area (Å²) in [6.45, 7) is 4.69. The van der Waals surface area contributed by atoms with Crippen LogP contribution in [0.5, 0.6) is 0 Å². The minimum atomic E-state index is 0.300. The van der Waals surface area contributed by atoms with Crippen LogP contribution in [0.4, 0.5) is 0 Å². The summed E-state index contributed by atoms with van der Waals surface area (Å²) in [5.74, 6) is 1.55. The van der Waals surface area contributed by atoms with Crippen LogP contribution >= 0.6 is 11.8 Å². The fourth-order valence-corrected chi connectivity index (χ4v) is 3.88. The van der Waals surface area contributed by atoms with Gasteiger partial charge in [0.15, 0.2) is 0 Å². The van der Waals surface area contributed by atoms with Crippen molar-refractivity contribution < 1.29 is 0 Å². The topological polar surface area (TPSA) is 27.0 Å². The normalized spacial score (nSPS) is 38.5. The van der Waals surface area contributed by atoms with Crippen LogP contribution in [-0.4, -0.2) is 35.0 Å². The minimum absolute atomic E-state index is 0.300. The molecule has 15 heavy (non-hydrogen) atoms. The molecule has 2 rings (SSSR count). The molecule has 0 spiro atoms. The first-order valence-electron chi connectivity index (χ1n) is 6.06. The van der Waals surface area contributed by atoms with Gasteiger partial charge in [-0.3, -0.25) is 4.90 Å². The summed E-state index contributed by atoms with van der Waals surface area (Å²) in [6, 6.07) is 3.08. The van der Waals surface area contributed by atoms with E-state index in [4.69, 9.17) is 0 Å². The van der Waals surface area contributed by atoms with E-state index >= 15 is 0 Å². The monoisotopic (exact) mass is 224 g/mol. The highest BCUT2D eigenvalue weighted by molar-refractivity contribution is 7.99. The molecule has 2 fully saturated rings. The minimum Gasteiger partial charge on any atom is -0.297 e. The summed E-state index contributed by atoms with van der Waals surface area (Å²) < 4.78 is 0. The lowest BCUT2D eigenvalue weighted by atomic mass is 9.84. The van der Waals surface area contributed by atoms with Crippen molar-refractivity contribution in [2.24, 2.45) is 5.92 Å². The van der Waals surface area contributed by atoms with Crippen molar-refractivity contribution in [3.05, 3.63) is 0 Å². The second-order valence-electron chi connectivity index (χ2n) is 4.76. The highest BCUT2D eigenvalue weighted by Gasteiger charge is 2.32. The van der Waals surface area contributed by atoms with Gasteiger partial charge in [0.05, 0.1) is 12.0 Å².